The first kappa shape index (κ1) is 17.1. The van der Waals surface area contributed by atoms with E-state index < -0.39 is 6.17 Å². The number of benzene rings is 1. The van der Waals surface area contributed by atoms with Crippen LogP contribution < -0.4 is 5.32 Å². The third-order valence-electron chi connectivity index (χ3n) is 5.06. The van der Waals surface area contributed by atoms with Crippen LogP contribution in [0.15, 0.2) is 28.7 Å². The molecule has 138 valence electrons. The van der Waals surface area contributed by atoms with Crippen molar-refractivity contribution in [2.75, 3.05) is 6.54 Å². The SMILES string of the molecule is O=C(N[C@@H]1CC[C@@H](F)C1)c1nc2c(o1)CCN(Cc1ccccc1F)C2. The summed E-state index contributed by atoms with van der Waals surface area (Å²) in [4.78, 5) is 18.7. The standard InChI is InChI=1S/C19H21F2N3O2/c20-13-5-6-14(9-13)22-18(25)19-23-16-11-24(8-7-17(16)26-19)10-12-3-1-2-4-15(12)21/h1-4,13-14H,5-11H2,(H,22,25)/t13-,14-/m1/s1. The van der Waals surface area contributed by atoms with E-state index in [2.05, 4.69) is 15.2 Å². The Labute approximate surface area is 150 Å². The van der Waals surface area contributed by atoms with E-state index >= 15 is 0 Å². The predicted molar refractivity (Wildman–Crippen MR) is 90.7 cm³/mol. The Morgan fingerprint density at radius 2 is 2.19 bits per heavy atom. The molecule has 1 saturated carbocycles. The number of halogens is 2. The molecule has 2 atom stereocenters. The molecule has 0 bridgehead atoms. The van der Waals surface area contributed by atoms with Crippen LogP contribution in [-0.2, 0) is 19.5 Å². The Bertz CT molecular complexity index is 808. The van der Waals surface area contributed by atoms with Gasteiger partial charge in [-0.15, -0.1) is 0 Å². The summed E-state index contributed by atoms with van der Waals surface area (Å²) in [6, 6.07) is 6.56. The fourth-order valence-corrected chi connectivity index (χ4v) is 3.66. The van der Waals surface area contributed by atoms with E-state index in [1.807, 2.05) is 6.07 Å². The molecule has 0 saturated heterocycles. The molecule has 1 amide bonds. The van der Waals surface area contributed by atoms with Gasteiger partial charge in [-0.3, -0.25) is 9.69 Å². The van der Waals surface area contributed by atoms with E-state index in [4.69, 9.17) is 4.42 Å². The Morgan fingerprint density at radius 1 is 1.35 bits per heavy atom. The highest BCUT2D eigenvalue weighted by Crippen LogP contribution is 2.24. The lowest BCUT2D eigenvalue weighted by atomic mass is 10.1. The van der Waals surface area contributed by atoms with Gasteiger partial charge in [-0.05, 0) is 25.3 Å². The molecule has 0 spiro atoms. The summed E-state index contributed by atoms with van der Waals surface area (Å²) in [5, 5.41) is 2.79. The summed E-state index contributed by atoms with van der Waals surface area (Å²) in [6.07, 6.45) is 1.26. The van der Waals surface area contributed by atoms with Crippen LogP contribution in [0.4, 0.5) is 8.78 Å². The van der Waals surface area contributed by atoms with Crippen molar-refractivity contribution in [2.24, 2.45) is 0 Å². The number of fused-ring (bicyclic) bond motifs is 1. The van der Waals surface area contributed by atoms with Gasteiger partial charge in [0.25, 0.3) is 5.89 Å². The van der Waals surface area contributed by atoms with Crippen molar-refractivity contribution in [3.8, 4) is 0 Å². The van der Waals surface area contributed by atoms with Crippen LogP contribution in [-0.4, -0.2) is 34.5 Å². The Morgan fingerprint density at radius 3 is 2.96 bits per heavy atom. The van der Waals surface area contributed by atoms with Gasteiger partial charge < -0.3 is 9.73 Å². The summed E-state index contributed by atoms with van der Waals surface area (Å²) < 4.78 is 32.7. The number of nitrogens with one attached hydrogen (secondary N) is 1. The minimum Gasteiger partial charge on any atom is -0.437 e. The molecule has 5 nitrogen and oxygen atoms in total. The molecule has 2 aliphatic rings. The molecule has 1 aliphatic carbocycles. The molecule has 1 aromatic carbocycles. The summed E-state index contributed by atoms with van der Waals surface area (Å²) in [6.45, 7) is 1.71. The lowest BCUT2D eigenvalue weighted by Gasteiger charge is -2.25. The first-order chi connectivity index (χ1) is 12.6. The van der Waals surface area contributed by atoms with Crippen molar-refractivity contribution in [2.45, 2.75) is 51.0 Å². The van der Waals surface area contributed by atoms with Crippen LogP contribution in [0.25, 0.3) is 0 Å². The van der Waals surface area contributed by atoms with Gasteiger partial charge in [0.15, 0.2) is 0 Å². The Hall–Kier alpha value is -2.28. The van der Waals surface area contributed by atoms with E-state index in [1.165, 1.54) is 6.07 Å². The lowest BCUT2D eigenvalue weighted by molar-refractivity contribution is 0.0899. The normalized spacial score (nSPS) is 23.0. The number of hydrogen-bond acceptors (Lipinski definition) is 4. The maximum Gasteiger partial charge on any atom is 0.307 e. The zero-order valence-electron chi connectivity index (χ0n) is 14.4. The van der Waals surface area contributed by atoms with Crippen molar-refractivity contribution < 1.29 is 18.0 Å². The largest absolute Gasteiger partial charge is 0.437 e. The van der Waals surface area contributed by atoms with Crippen LogP contribution in [0.2, 0.25) is 0 Å². The molecular formula is C19H21F2N3O2. The summed E-state index contributed by atoms with van der Waals surface area (Å²) in [5.74, 6) is 0.125. The fourth-order valence-electron chi connectivity index (χ4n) is 3.66. The molecule has 1 aromatic heterocycles. The second kappa shape index (κ2) is 7.15. The number of carbonyl (C=O) groups excluding carboxylic acids is 1. The number of alkyl halides is 1. The number of nitrogens with zero attached hydrogens (tertiary/aromatic N) is 2. The lowest BCUT2D eigenvalue weighted by Crippen LogP contribution is -2.33. The van der Waals surface area contributed by atoms with E-state index in [0.29, 0.717) is 62.3 Å². The Balaban J connectivity index is 1.40. The molecule has 2 aromatic rings. The van der Waals surface area contributed by atoms with E-state index in [0.717, 1.165) is 0 Å². The van der Waals surface area contributed by atoms with Gasteiger partial charge in [0.1, 0.15) is 17.7 Å². The number of oxazole rings is 1. The number of rotatable bonds is 4. The topological polar surface area (TPSA) is 58.4 Å². The Kier molecular flexibility index (Phi) is 4.72. The van der Waals surface area contributed by atoms with E-state index in [-0.39, 0.29) is 23.7 Å². The zero-order chi connectivity index (χ0) is 18.1. The molecule has 4 rings (SSSR count). The molecule has 0 unspecified atom stereocenters. The van der Waals surface area contributed by atoms with Crippen molar-refractivity contribution in [3.63, 3.8) is 0 Å². The number of aromatic nitrogens is 1. The van der Waals surface area contributed by atoms with Crippen molar-refractivity contribution in [1.29, 1.82) is 0 Å². The first-order valence-electron chi connectivity index (χ1n) is 8.98. The van der Waals surface area contributed by atoms with Crippen LogP contribution in [0.1, 0.15) is 47.0 Å². The van der Waals surface area contributed by atoms with Crippen molar-refractivity contribution in [3.05, 3.63) is 53.0 Å². The molecule has 1 N–H and O–H groups in total. The summed E-state index contributed by atoms with van der Waals surface area (Å²) in [7, 11) is 0. The average Bonchev–Trinajstić information content (AvgIpc) is 3.22. The maximum atomic E-state index is 13.8. The molecule has 1 aliphatic heterocycles. The average molecular weight is 361 g/mol. The van der Waals surface area contributed by atoms with Crippen molar-refractivity contribution >= 4 is 5.91 Å². The quantitative estimate of drug-likeness (QED) is 0.910. The maximum absolute atomic E-state index is 13.8. The minimum absolute atomic E-state index is 0.0325. The van der Waals surface area contributed by atoms with Gasteiger partial charge in [-0.1, -0.05) is 18.2 Å². The van der Waals surface area contributed by atoms with Gasteiger partial charge in [-0.2, -0.15) is 0 Å². The third kappa shape index (κ3) is 3.62. The highest BCUT2D eigenvalue weighted by atomic mass is 19.1. The molecule has 26 heavy (non-hydrogen) atoms. The summed E-state index contributed by atoms with van der Waals surface area (Å²) in [5.41, 5.74) is 1.35. The van der Waals surface area contributed by atoms with E-state index in [9.17, 15) is 13.6 Å². The number of carbonyl (C=O) groups is 1. The smallest absolute Gasteiger partial charge is 0.307 e. The van der Waals surface area contributed by atoms with Crippen molar-refractivity contribution in [1.82, 2.24) is 15.2 Å². The second-order valence-corrected chi connectivity index (χ2v) is 7.02. The number of hydrogen-bond donors (Lipinski definition) is 1. The fraction of sp³-hybridized carbons (Fsp3) is 0.474. The van der Waals surface area contributed by atoms with Gasteiger partial charge in [-0.25, -0.2) is 13.8 Å². The van der Waals surface area contributed by atoms with Gasteiger partial charge in [0, 0.05) is 37.7 Å². The molecule has 7 heteroatoms. The molecule has 1 fully saturated rings. The van der Waals surface area contributed by atoms with Crippen LogP contribution >= 0.6 is 0 Å². The zero-order valence-corrected chi connectivity index (χ0v) is 14.4. The molecule has 2 heterocycles. The molecular weight excluding hydrogens is 340 g/mol. The van der Waals surface area contributed by atoms with Gasteiger partial charge >= 0.3 is 5.91 Å². The van der Waals surface area contributed by atoms with Gasteiger partial charge in [0.2, 0.25) is 0 Å². The minimum atomic E-state index is -0.843. The van der Waals surface area contributed by atoms with Crippen LogP contribution in [0, 0.1) is 5.82 Å². The summed E-state index contributed by atoms with van der Waals surface area (Å²) >= 11 is 0. The van der Waals surface area contributed by atoms with Crippen LogP contribution in [0.5, 0.6) is 0 Å². The van der Waals surface area contributed by atoms with Crippen LogP contribution in [0.3, 0.4) is 0 Å². The van der Waals surface area contributed by atoms with Gasteiger partial charge in [0.05, 0.1) is 5.69 Å². The van der Waals surface area contributed by atoms with E-state index in [1.54, 1.807) is 12.1 Å². The highest BCUT2D eigenvalue weighted by Gasteiger charge is 2.29. The highest BCUT2D eigenvalue weighted by molar-refractivity contribution is 5.90. The predicted octanol–water partition coefficient (Wildman–Crippen LogP) is 2.99. The molecule has 0 radical (unpaired) electrons. The second-order valence-electron chi connectivity index (χ2n) is 7.02. The number of amides is 1. The monoisotopic (exact) mass is 361 g/mol. The third-order valence-corrected chi connectivity index (χ3v) is 5.06. The first-order valence-corrected chi connectivity index (χ1v) is 8.98.